The molecule has 1 N–H and O–H groups in total. The van der Waals surface area contributed by atoms with Gasteiger partial charge < -0.3 is 10.6 Å². The van der Waals surface area contributed by atoms with Crippen LogP contribution in [0.2, 0.25) is 0 Å². The number of allylic oxidation sites excluding steroid dienone is 2. The summed E-state index contributed by atoms with van der Waals surface area (Å²) in [6.45, 7) is 2.11. The predicted molar refractivity (Wildman–Crippen MR) is 248 cm³/mol. The van der Waals surface area contributed by atoms with Crippen molar-refractivity contribution in [2.45, 2.75) is 145 Å². The average molecular weight is 898 g/mol. The van der Waals surface area contributed by atoms with Gasteiger partial charge in [-0.05, 0) is 120 Å². The monoisotopic (exact) mass is 897 g/mol. The van der Waals surface area contributed by atoms with Crippen LogP contribution in [0.15, 0.2) is 114 Å². The zero-order chi connectivity index (χ0) is 38.6. The Hall–Kier alpha value is -1.66. The van der Waals surface area contributed by atoms with Crippen molar-refractivity contribution < 1.29 is 17.3 Å². The fourth-order valence-corrected chi connectivity index (χ4v) is 18.7. The Labute approximate surface area is 357 Å². The van der Waals surface area contributed by atoms with E-state index in [-0.39, 0.29) is 7.92 Å². The van der Waals surface area contributed by atoms with Crippen LogP contribution in [0.3, 0.4) is 0 Å². The van der Waals surface area contributed by atoms with Crippen LogP contribution in [-0.2, 0) is 17.3 Å². The van der Waals surface area contributed by atoms with Gasteiger partial charge in [-0.2, -0.15) is 6.20 Å². The number of rotatable bonds is 11. The first-order chi connectivity index (χ1) is 27.8. The maximum absolute atomic E-state index is 5.47. The second-order valence-electron chi connectivity index (χ2n) is 16.8. The SMILES string of the molecule is C(=NC1CCCCC1NCC1CCCCC1[PH+](C1CCCCC1)C1CCCCC1)c1ccccc1[PH+](c1ccccc1)c1ccccc1.C1=CC[N-]C=C1.[Cl][Ru+3]. The van der Waals surface area contributed by atoms with Crippen molar-refractivity contribution in [1.29, 1.82) is 0 Å². The first-order valence-corrected chi connectivity index (χ1v) is 27.6. The molecule has 1 heterocycles. The molecule has 0 amide bonds. The van der Waals surface area contributed by atoms with Gasteiger partial charge in [0.2, 0.25) is 0 Å². The summed E-state index contributed by atoms with van der Waals surface area (Å²) in [5.74, 6) is 0.908. The van der Waals surface area contributed by atoms with Crippen molar-refractivity contribution in [2.24, 2.45) is 10.9 Å². The van der Waals surface area contributed by atoms with Crippen LogP contribution in [0.4, 0.5) is 0 Å². The second-order valence-corrected chi connectivity index (χ2v) is 22.6. The van der Waals surface area contributed by atoms with Crippen LogP contribution in [0, 0.1) is 5.92 Å². The average Bonchev–Trinajstić information content (AvgIpc) is 3.29. The Kier molecular flexibility index (Phi) is 19.7. The topological polar surface area (TPSA) is 38.5 Å². The van der Waals surface area contributed by atoms with Crippen LogP contribution in [0.25, 0.3) is 5.32 Å². The summed E-state index contributed by atoms with van der Waals surface area (Å²) >= 11 is 1.82. The van der Waals surface area contributed by atoms with E-state index in [1.807, 2.05) is 35.5 Å². The van der Waals surface area contributed by atoms with Crippen LogP contribution >= 0.6 is 25.5 Å². The number of hydrogen-bond acceptors (Lipinski definition) is 2. The molecule has 0 radical (unpaired) electrons. The van der Waals surface area contributed by atoms with Crippen molar-refractivity contribution in [3.63, 3.8) is 0 Å². The summed E-state index contributed by atoms with van der Waals surface area (Å²) < 4.78 is 0. The Morgan fingerprint density at radius 3 is 1.80 bits per heavy atom. The molecule has 300 valence electrons. The van der Waals surface area contributed by atoms with E-state index in [2.05, 4.69) is 111 Å². The molecule has 0 bridgehead atoms. The molecule has 0 spiro atoms. The van der Waals surface area contributed by atoms with E-state index in [1.54, 1.807) is 38.3 Å². The maximum atomic E-state index is 5.47. The van der Waals surface area contributed by atoms with Crippen molar-refractivity contribution in [3.8, 4) is 0 Å². The Morgan fingerprint density at radius 1 is 0.643 bits per heavy atom. The molecule has 4 atom stereocenters. The third kappa shape index (κ3) is 12.9. The van der Waals surface area contributed by atoms with E-state index in [4.69, 9.17) is 4.99 Å². The van der Waals surface area contributed by atoms with E-state index in [0.29, 0.717) is 12.1 Å². The third-order valence-electron chi connectivity index (χ3n) is 13.3. The number of aliphatic imine (C=N–C) groups is 1. The number of benzene rings is 3. The molecule has 7 heteroatoms. The van der Waals surface area contributed by atoms with Crippen molar-refractivity contribution in [1.82, 2.24) is 5.32 Å². The molecular formula is C49H68ClN3P2Ru+4. The van der Waals surface area contributed by atoms with Crippen molar-refractivity contribution >= 4 is 47.7 Å². The standard InChI is InChI=1S/C44H60N2P2.C5H6N.ClH.Ru/c1-5-21-37(22-6-1)47(38-23-7-2-8-24-38)43-31-17-13-19-35(43)33-45-41-29-15-16-30-42(41)46-34-36-20-14-18-32-44(36)48(39-25-9-3-10-26-39)40-27-11-4-12-28-40;1-2-4-6-5-3-1;;/h1-2,5-8,13,17,19,21-24,31,33,36,39-42,44,46H,3-4,9-12,14-16,18,20,25-30,32,34H2;1-4H,5H2;1H;/q;-1;;+4/p+1. The number of nitrogens with one attached hydrogen (secondary N) is 1. The van der Waals surface area contributed by atoms with Crippen molar-refractivity contribution in [3.05, 3.63) is 120 Å². The van der Waals surface area contributed by atoms with Crippen molar-refractivity contribution in [2.75, 3.05) is 13.1 Å². The summed E-state index contributed by atoms with van der Waals surface area (Å²) in [6.07, 6.45) is 36.5. The Balaban J connectivity index is 0.000000600. The summed E-state index contributed by atoms with van der Waals surface area (Å²) in [6, 6.07) is 32.4. The van der Waals surface area contributed by atoms with Gasteiger partial charge >= 0.3 is 27.0 Å². The Bertz CT molecular complexity index is 1540. The molecule has 8 rings (SSSR count). The summed E-state index contributed by atoms with van der Waals surface area (Å²) in [7, 11) is 3.10. The normalized spacial score (nSPS) is 24.6. The first-order valence-electron chi connectivity index (χ1n) is 22.2. The van der Waals surface area contributed by atoms with Crippen LogP contribution in [0.1, 0.15) is 121 Å². The molecule has 3 nitrogen and oxygen atoms in total. The van der Waals surface area contributed by atoms with E-state index < -0.39 is 7.92 Å². The van der Waals surface area contributed by atoms with E-state index >= 15 is 0 Å². The Morgan fingerprint density at radius 2 is 1.21 bits per heavy atom. The predicted octanol–water partition coefficient (Wildman–Crippen LogP) is 12.1. The molecule has 4 fully saturated rings. The van der Waals surface area contributed by atoms with Gasteiger partial charge in [0.15, 0.2) is 0 Å². The van der Waals surface area contributed by atoms with Crippen LogP contribution in [0.5, 0.6) is 0 Å². The number of halogens is 1. The molecule has 4 aliphatic carbocycles. The van der Waals surface area contributed by atoms with Gasteiger partial charge in [-0.25, -0.2) is 0 Å². The van der Waals surface area contributed by atoms with Crippen LogP contribution < -0.4 is 21.2 Å². The molecule has 4 saturated carbocycles. The molecule has 0 saturated heterocycles. The molecule has 3 aromatic carbocycles. The van der Waals surface area contributed by atoms with E-state index in [0.717, 1.165) is 29.4 Å². The number of nitrogens with zero attached hydrogens (tertiary/aromatic N) is 2. The third-order valence-corrected chi connectivity index (χ3v) is 20.7. The van der Waals surface area contributed by atoms with Gasteiger partial charge in [0.05, 0.1) is 30.9 Å². The fraction of sp³-hybridized carbons (Fsp3) is 0.531. The molecule has 1 aliphatic heterocycles. The van der Waals surface area contributed by atoms with E-state index in [1.165, 1.54) is 111 Å². The van der Waals surface area contributed by atoms with Gasteiger partial charge in [-0.3, -0.25) is 4.99 Å². The zero-order valence-corrected chi connectivity index (χ0v) is 38.2. The molecular weight excluding hydrogens is 829 g/mol. The summed E-state index contributed by atoms with van der Waals surface area (Å²) in [5.41, 5.74) is 4.59. The number of hydrogen-bond donors (Lipinski definition) is 1. The molecule has 56 heavy (non-hydrogen) atoms. The fourth-order valence-electron chi connectivity index (χ4n) is 10.6. The van der Waals surface area contributed by atoms with Gasteiger partial charge in [0.1, 0.15) is 15.9 Å². The minimum atomic E-state index is -1.13. The van der Waals surface area contributed by atoms with E-state index in [9.17, 15) is 0 Å². The van der Waals surface area contributed by atoms with Gasteiger partial charge in [0, 0.05) is 38.2 Å². The molecule has 0 aromatic heterocycles. The molecule has 4 unspecified atom stereocenters. The first kappa shape index (κ1) is 43.9. The summed E-state index contributed by atoms with van der Waals surface area (Å²) in [4.78, 5) is 5.47. The zero-order valence-electron chi connectivity index (χ0n) is 33.7. The van der Waals surface area contributed by atoms with Crippen LogP contribution in [-0.4, -0.2) is 48.4 Å². The van der Waals surface area contributed by atoms with Gasteiger partial charge in [-0.15, -0.1) is 12.6 Å². The van der Waals surface area contributed by atoms with Gasteiger partial charge in [0.25, 0.3) is 0 Å². The molecule has 3 aromatic rings. The molecule has 5 aliphatic rings. The quantitative estimate of drug-likeness (QED) is 0.116. The second kappa shape index (κ2) is 25.1. The minimum absolute atomic E-state index is 0.331. The van der Waals surface area contributed by atoms with Gasteiger partial charge in [-0.1, -0.05) is 92.8 Å². The summed E-state index contributed by atoms with van der Waals surface area (Å²) in [5, 5.41) is 12.5.